The Morgan fingerprint density at radius 3 is 2.67 bits per heavy atom. The molecule has 0 radical (unpaired) electrons. The van der Waals surface area contributed by atoms with Crippen LogP contribution < -0.4 is 10.1 Å². The zero-order valence-electron chi connectivity index (χ0n) is 19.0. The largest absolute Gasteiger partial charge is 0.497 e. The summed E-state index contributed by atoms with van der Waals surface area (Å²) in [7, 11) is 5.80. The van der Waals surface area contributed by atoms with Gasteiger partial charge in [0.15, 0.2) is 0 Å². The minimum Gasteiger partial charge on any atom is -0.497 e. The average Bonchev–Trinajstić information content (AvgIpc) is 3.34. The molecule has 1 saturated carbocycles. The Morgan fingerprint density at radius 1 is 1.09 bits per heavy atom. The smallest absolute Gasteiger partial charge is 0.235 e. The molecule has 4 aromatic rings. The lowest BCUT2D eigenvalue weighted by atomic mass is 9.91. The van der Waals surface area contributed by atoms with Crippen molar-refractivity contribution < 1.29 is 9.53 Å². The number of ether oxygens (including phenoxy) is 1. The third kappa shape index (κ3) is 3.05. The molecule has 2 atom stereocenters. The molecule has 2 aliphatic rings. The normalized spacial score (nSPS) is 21.0. The fourth-order valence-electron chi connectivity index (χ4n) is 5.31. The number of benzene rings is 3. The molecule has 2 N–H and O–H groups in total. The number of fused-ring (bicyclic) bond motifs is 3. The lowest BCUT2D eigenvalue weighted by Crippen LogP contribution is -2.21. The van der Waals surface area contributed by atoms with E-state index in [1.54, 1.807) is 7.11 Å². The molecular weight excluding hydrogens is 412 g/mol. The Labute approximate surface area is 192 Å². The van der Waals surface area contributed by atoms with Crippen LogP contribution in [0.4, 0.5) is 5.69 Å². The van der Waals surface area contributed by atoms with Crippen LogP contribution in [0.5, 0.6) is 5.75 Å². The summed E-state index contributed by atoms with van der Waals surface area (Å²) in [5, 5.41) is 12.0. The molecule has 0 bridgehead atoms. The van der Waals surface area contributed by atoms with Gasteiger partial charge in [-0.1, -0.05) is 36.4 Å². The van der Waals surface area contributed by atoms with Crippen molar-refractivity contribution in [3.8, 4) is 17.0 Å². The Morgan fingerprint density at radius 2 is 1.91 bits per heavy atom. The molecule has 1 aliphatic heterocycles. The van der Waals surface area contributed by atoms with E-state index in [9.17, 15) is 4.79 Å². The second-order valence-electron chi connectivity index (χ2n) is 9.41. The van der Waals surface area contributed by atoms with Gasteiger partial charge in [0.1, 0.15) is 5.75 Å². The lowest BCUT2D eigenvalue weighted by Gasteiger charge is -2.10. The summed E-state index contributed by atoms with van der Waals surface area (Å²) in [4.78, 5) is 15.1. The van der Waals surface area contributed by atoms with Crippen LogP contribution in [0.2, 0.25) is 0 Å². The maximum Gasteiger partial charge on any atom is 0.235 e. The van der Waals surface area contributed by atoms with Crippen molar-refractivity contribution in [1.82, 2.24) is 15.1 Å². The predicted octanol–water partition coefficient (Wildman–Crippen LogP) is 4.68. The maximum atomic E-state index is 13.0. The average molecular weight is 439 g/mol. The van der Waals surface area contributed by atoms with E-state index in [1.165, 1.54) is 5.56 Å². The van der Waals surface area contributed by atoms with Gasteiger partial charge in [-0.15, -0.1) is 0 Å². The van der Waals surface area contributed by atoms with E-state index in [4.69, 9.17) is 4.74 Å². The minimum atomic E-state index is -0.497. The molecule has 1 aromatic heterocycles. The van der Waals surface area contributed by atoms with Crippen LogP contribution in [0.3, 0.4) is 0 Å². The van der Waals surface area contributed by atoms with Gasteiger partial charge in [-0.2, -0.15) is 5.10 Å². The second kappa shape index (κ2) is 7.18. The van der Waals surface area contributed by atoms with Crippen LogP contribution in [-0.2, 0) is 16.8 Å². The van der Waals surface area contributed by atoms with Gasteiger partial charge in [0, 0.05) is 29.1 Å². The van der Waals surface area contributed by atoms with Crippen LogP contribution in [0, 0.1) is 0 Å². The van der Waals surface area contributed by atoms with Crippen LogP contribution in [0.25, 0.3) is 22.2 Å². The number of H-pyrrole nitrogens is 1. The van der Waals surface area contributed by atoms with E-state index < -0.39 is 5.41 Å². The van der Waals surface area contributed by atoms with Crippen molar-refractivity contribution in [2.24, 2.45) is 0 Å². The van der Waals surface area contributed by atoms with Gasteiger partial charge in [0.25, 0.3) is 0 Å². The first-order chi connectivity index (χ1) is 16.0. The van der Waals surface area contributed by atoms with E-state index in [2.05, 4.69) is 77.0 Å². The molecule has 0 unspecified atom stereocenters. The highest BCUT2D eigenvalue weighted by atomic mass is 16.5. The van der Waals surface area contributed by atoms with Gasteiger partial charge in [0.2, 0.25) is 5.91 Å². The molecule has 166 valence electrons. The van der Waals surface area contributed by atoms with Crippen LogP contribution in [0.1, 0.15) is 29.0 Å². The van der Waals surface area contributed by atoms with Gasteiger partial charge in [-0.05, 0) is 61.5 Å². The molecular formula is C27H26N4O2. The zero-order valence-corrected chi connectivity index (χ0v) is 19.0. The van der Waals surface area contributed by atoms with Crippen molar-refractivity contribution in [3.05, 3.63) is 77.4 Å². The highest BCUT2D eigenvalue weighted by molar-refractivity contribution is 6.10. The fraction of sp³-hybridized carbons (Fsp3) is 0.259. The first-order valence-electron chi connectivity index (χ1n) is 11.2. The first kappa shape index (κ1) is 20.0. The third-order valence-corrected chi connectivity index (χ3v) is 7.04. The van der Waals surface area contributed by atoms with Gasteiger partial charge >= 0.3 is 0 Å². The van der Waals surface area contributed by atoms with Crippen molar-refractivity contribution in [1.29, 1.82) is 0 Å². The van der Waals surface area contributed by atoms with Gasteiger partial charge in [0.05, 0.1) is 23.7 Å². The Hall–Kier alpha value is -3.64. The van der Waals surface area contributed by atoms with E-state index in [0.29, 0.717) is 0 Å². The van der Waals surface area contributed by atoms with Crippen molar-refractivity contribution in [2.75, 3.05) is 26.5 Å². The number of amides is 1. The lowest BCUT2D eigenvalue weighted by molar-refractivity contribution is -0.118. The van der Waals surface area contributed by atoms with Crippen molar-refractivity contribution in [2.45, 2.75) is 24.3 Å². The number of aromatic amines is 1. The molecule has 2 heterocycles. The molecule has 3 aromatic carbocycles. The summed E-state index contributed by atoms with van der Waals surface area (Å²) in [6.07, 6.45) is 0.804. The number of nitrogens with zero attached hydrogens (tertiary/aromatic N) is 2. The van der Waals surface area contributed by atoms with Crippen molar-refractivity contribution in [3.63, 3.8) is 0 Å². The number of anilines is 1. The SMILES string of the molecule is COc1ccc2c(c1)[C@]1(C[C@H]1c1ccc3c(-c4ccc(CN(C)C)cc4)n[nH]c3c1)C(=O)N2. The summed E-state index contributed by atoms with van der Waals surface area (Å²) >= 11 is 0. The summed E-state index contributed by atoms with van der Waals surface area (Å²) in [6.45, 7) is 0.913. The molecule has 1 spiro atoms. The van der Waals surface area contributed by atoms with Gasteiger partial charge in [-0.25, -0.2) is 0 Å². The van der Waals surface area contributed by atoms with Gasteiger partial charge < -0.3 is 15.0 Å². The molecule has 0 saturated heterocycles. The molecule has 1 fully saturated rings. The number of carbonyl (C=O) groups excluding carboxylic acids is 1. The monoisotopic (exact) mass is 438 g/mol. The summed E-state index contributed by atoms with van der Waals surface area (Å²) < 4.78 is 5.41. The van der Waals surface area contributed by atoms with Gasteiger partial charge in [-0.3, -0.25) is 9.89 Å². The number of aromatic nitrogens is 2. The number of methoxy groups -OCH3 is 1. The van der Waals surface area contributed by atoms with Crippen LogP contribution in [0.15, 0.2) is 60.7 Å². The number of carbonyl (C=O) groups is 1. The van der Waals surface area contributed by atoms with Crippen LogP contribution >= 0.6 is 0 Å². The highest BCUT2D eigenvalue weighted by Gasteiger charge is 2.65. The van der Waals surface area contributed by atoms with E-state index in [0.717, 1.165) is 57.7 Å². The quantitative estimate of drug-likeness (QED) is 0.475. The molecule has 1 amide bonds. The molecule has 6 nitrogen and oxygen atoms in total. The summed E-state index contributed by atoms with van der Waals surface area (Å²) in [5.41, 5.74) is 6.91. The minimum absolute atomic E-state index is 0.0824. The molecule has 33 heavy (non-hydrogen) atoms. The Kier molecular flexibility index (Phi) is 4.35. The maximum absolute atomic E-state index is 13.0. The zero-order chi connectivity index (χ0) is 22.7. The summed E-state index contributed by atoms with van der Waals surface area (Å²) in [6, 6.07) is 20.8. The summed E-state index contributed by atoms with van der Waals surface area (Å²) in [5.74, 6) is 1.01. The van der Waals surface area contributed by atoms with E-state index in [1.807, 2.05) is 18.2 Å². The standard InChI is InChI=1S/C27H26N4O2/c1-31(2)15-16-4-6-17(7-5-16)25-20-10-8-18(12-24(20)29-30-25)22-14-27(22)21-13-19(33-3)9-11-23(21)28-26(27)32/h4-13,22H,14-15H2,1-3H3,(H,28,32)(H,29,30)/t22-,27-/m0/s1. The predicted molar refractivity (Wildman–Crippen MR) is 130 cm³/mol. The topological polar surface area (TPSA) is 70.2 Å². The highest BCUT2D eigenvalue weighted by Crippen LogP contribution is 2.65. The Balaban J connectivity index is 1.32. The second-order valence-corrected chi connectivity index (χ2v) is 9.41. The number of hydrogen-bond acceptors (Lipinski definition) is 4. The van der Waals surface area contributed by atoms with E-state index in [-0.39, 0.29) is 11.8 Å². The molecule has 6 heteroatoms. The number of nitrogens with one attached hydrogen (secondary N) is 2. The van der Waals surface area contributed by atoms with Crippen molar-refractivity contribution >= 4 is 22.5 Å². The molecule has 1 aliphatic carbocycles. The number of rotatable bonds is 5. The fourth-order valence-corrected chi connectivity index (χ4v) is 5.31. The number of hydrogen-bond donors (Lipinski definition) is 2. The Bertz CT molecular complexity index is 1390. The van der Waals surface area contributed by atoms with E-state index >= 15 is 0 Å². The molecule has 6 rings (SSSR count). The third-order valence-electron chi connectivity index (χ3n) is 7.04. The first-order valence-corrected chi connectivity index (χ1v) is 11.2. The van der Waals surface area contributed by atoms with Crippen LogP contribution in [-0.4, -0.2) is 42.2 Å².